The number of halogens is 1. The normalized spacial score (nSPS) is 10.2. The molecule has 1 N–H and O–H groups in total. The van der Waals surface area contributed by atoms with E-state index >= 15 is 0 Å². The van der Waals surface area contributed by atoms with Crippen LogP contribution in [0, 0.1) is 15.9 Å². The molecule has 2 aromatic rings. The first-order chi connectivity index (χ1) is 9.54. The number of anilines is 1. The molecule has 0 saturated carbocycles. The smallest absolute Gasteiger partial charge is 0.302 e. The maximum atomic E-state index is 12.7. The first-order valence-electron chi connectivity index (χ1n) is 5.69. The molecule has 0 saturated heterocycles. The molecule has 0 aliphatic carbocycles. The van der Waals surface area contributed by atoms with E-state index in [1.54, 1.807) is 12.1 Å². The summed E-state index contributed by atoms with van der Waals surface area (Å²) in [5, 5.41) is 13.0. The van der Waals surface area contributed by atoms with Crippen LogP contribution >= 0.6 is 11.3 Å². The van der Waals surface area contributed by atoms with Crippen molar-refractivity contribution in [3.05, 3.63) is 52.0 Å². The third-order valence-electron chi connectivity index (χ3n) is 2.47. The summed E-state index contributed by atoms with van der Waals surface area (Å²) in [6, 6.07) is 5.88. The molecule has 0 unspecified atom stereocenters. The number of nitro groups is 1. The van der Waals surface area contributed by atoms with E-state index in [-0.39, 0.29) is 28.3 Å². The number of aromatic nitrogens is 1. The second kappa shape index (κ2) is 6.20. The SMILES string of the molecule is O=C(CCc1ccc(F)cc1)Nc1ncc([N+](=O)[O-])s1. The van der Waals surface area contributed by atoms with E-state index in [0.717, 1.165) is 23.1 Å². The number of carbonyl (C=O) groups is 1. The first kappa shape index (κ1) is 14.1. The highest BCUT2D eigenvalue weighted by molar-refractivity contribution is 7.18. The number of thiazole rings is 1. The number of aryl methyl sites for hydroxylation is 1. The van der Waals surface area contributed by atoms with E-state index in [4.69, 9.17) is 0 Å². The fraction of sp³-hybridized carbons (Fsp3) is 0.167. The van der Waals surface area contributed by atoms with Gasteiger partial charge < -0.3 is 5.32 Å². The van der Waals surface area contributed by atoms with E-state index in [0.29, 0.717) is 6.42 Å². The molecule has 0 radical (unpaired) electrons. The van der Waals surface area contributed by atoms with Crippen molar-refractivity contribution in [2.24, 2.45) is 0 Å². The Morgan fingerprint density at radius 2 is 2.10 bits per heavy atom. The molecule has 1 amide bonds. The Hall–Kier alpha value is -2.35. The van der Waals surface area contributed by atoms with Crippen molar-refractivity contribution in [1.29, 1.82) is 0 Å². The number of amides is 1. The second-order valence-corrected chi connectivity index (χ2v) is 4.94. The Bertz CT molecular complexity index is 627. The van der Waals surface area contributed by atoms with Crippen molar-refractivity contribution in [2.75, 3.05) is 5.32 Å². The lowest BCUT2D eigenvalue weighted by atomic mass is 10.1. The summed E-state index contributed by atoms with van der Waals surface area (Å²) >= 11 is 0.801. The van der Waals surface area contributed by atoms with Crippen molar-refractivity contribution < 1.29 is 14.1 Å². The zero-order valence-corrected chi connectivity index (χ0v) is 11.0. The van der Waals surface area contributed by atoms with Gasteiger partial charge in [-0.25, -0.2) is 9.37 Å². The molecular formula is C12H10FN3O3S. The molecule has 0 spiro atoms. The lowest BCUT2D eigenvalue weighted by Crippen LogP contribution is -2.11. The summed E-state index contributed by atoms with van der Waals surface area (Å²) in [7, 11) is 0. The highest BCUT2D eigenvalue weighted by atomic mass is 32.1. The molecule has 2 rings (SSSR count). The van der Waals surface area contributed by atoms with Crippen LogP contribution in [-0.4, -0.2) is 15.8 Å². The Morgan fingerprint density at radius 3 is 2.70 bits per heavy atom. The molecule has 0 atom stereocenters. The molecule has 1 heterocycles. The van der Waals surface area contributed by atoms with E-state index in [1.165, 1.54) is 12.1 Å². The molecule has 1 aromatic heterocycles. The molecule has 1 aromatic carbocycles. The summed E-state index contributed by atoms with van der Waals surface area (Å²) in [5.74, 6) is -0.619. The van der Waals surface area contributed by atoms with Gasteiger partial charge in [0.15, 0.2) is 5.13 Å². The molecule has 8 heteroatoms. The predicted octanol–water partition coefficient (Wildman–Crippen LogP) is 2.76. The molecule has 0 bridgehead atoms. The van der Waals surface area contributed by atoms with Gasteiger partial charge in [0.05, 0.1) is 4.92 Å². The molecular weight excluding hydrogens is 285 g/mol. The van der Waals surface area contributed by atoms with Crippen LogP contribution in [-0.2, 0) is 11.2 Å². The standard InChI is InChI=1S/C12H10FN3O3S/c13-9-4-1-8(2-5-9)3-6-10(17)15-12-14-7-11(20-12)16(18)19/h1-2,4-5,7H,3,6H2,(H,14,15,17). The maximum absolute atomic E-state index is 12.7. The average molecular weight is 295 g/mol. The van der Waals surface area contributed by atoms with Gasteiger partial charge in [-0.3, -0.25) is 14.9 Å². The van der Waals surface area contributed by atoms with Crippen LogP contribution in [0.15, 0.2) is 30.5 Å². The van der Waals surface area contributed by atoms with E-state index in [9.17, 15) is 19.3 Å². The minimum atomic E-state index is -0.564. The van der Waals surface area contributed by atoms with Crippen molar-refractivity contribution in [3.63, 3.8) is 0 Å². The largest absolute Gasteiger partial charge is 0.345 e. The number of hydrogen-bond donors (Lipinski definition) is 1. The summed E-state index contributed by atoms with van der Waals surface area (Å²) < 4.78 is 12.7. The van der Waals surface area contributed by atoms with Crippen molar-refractivity contribution in [2.45, 2.75) is 12.8 Å². The minimum absolute atomic E-state index is 0.126. The van der Waals surface area contributed by atoms with Gasteiger partial charge in [0.25, 0.3) is 0 Å². The number of benzene rings is 1. The highest BCUT2D eigenvalue weighted by Gasteiger charge is 2.13. The summed E-state index contributed by atoms with van der Waals surface area (Å²) in [6.45, 7) is 0. The van der Waals surface area contributed by atoms with Gasteiger partial charge in [0, 0.05) is 6.42 Å². The maximum Gasteiger partial charge on any atom is 0.345 e. The van der Waals surface area contributed by atoms with E-state index in [1.807, 2.05) is 0 Å². The second-order valence-electron chi connectivity index (χ2n) is 3.94. The van der Waals surface area contributed by atoms with Crippen LogP contribution in [0.5, 0.6) is 0 Å². The average Bonchev–Trinajstić information content (AvgIpc) is 2.87. The Balaban J connectivity index is 1.85. The van der Waals surface area contributed by atoms with Gasteiger partial charge in [0.1, 0.15) is 12.0 Å². The first-order valence-corrected chi connectivity index (χ1v) is 6.51. The van der Waals surface area contributed by atoms with E-state index < -0.39 is 4.92 Å². The van der Waals surface area contributed by atoms with Gasteiger partial charge in [-0.05, 0) is 35.5 Å². The summed E-state index contributed by atoms with van der Waals surface area (Å²) in [5.41, 5.74) is 0.840. The van der Waals surface area contributed by atoms with Crippen molar-refractivity contribution >= 4 is 27.4 Å². The summed E-state index contributed by atoms with van der Waals surface area (Å²) in [6.07, 6.45) is 1.75. The molecule has 0 aliphatic heterocycles. The monoisotopic (exact) mass is 295 g/mol. The van der Waals surface area contributed by atoms with Crippen LogP contribution in [0.1, 0.15) is 12.0 Å². The lowest BCUT2D eigenvalue weighted by Gasteiger charge is -2.02. The van der Waals surface area contributed by atoms with Gasteiger partial charge in [0.2, 0.25) is 5.91 Å². The Morgan fingerprint density at radius 1 is 1.40 bits per heavy atom. The fourth-order valence-corrected chi connectivity index (χ4v) is 2.15. The number of nitrogens with one attached hydrogen (secondary N) is 1. The topological polar surface area (TPSA) is 85.1 Å². The number of nitrogens with zero attached hydrogens (tertiary/aromatic N) is 2. The number of hydrogen-bond acceptors (Lipinski definition) is 5. The van der Waals surface area contributed by atoms with Crippen LogP contribution < -0.4 is 5.32 Å². The number of carbonyl (C=O) groups excluding carboxylic acids is 1. The quantitative estimate of drug-likeness (QED) is 0.679. The van der Waals surface area contributed by atoms with Crippen LogP contribution in [0.4, 0.5) is 14.5 Å². The van der Waals surface area contributed by atoms with Gasteiger partial charge in [-0.15, -0.1) is 0 Å². The predicted molar refractivity (Wildman–Crippen MR) is 72.1 cm³/mol. The summed E-state index contributed by atoms with van der Waals surface area (Å²) in [4.78, 5) is 25.3. The fourth-order valence-electron chi connectivity index (χ4n) is 1.50. The van der Waals surface area contributed by atoms with Gasteiger partial charge in [-0.2, -0.15) is 0 Å². The zero-order chi connectivity index (χ0) is 14.5. The molecule has 6 nitrogen and oxygen atoms in total. The van der Waals surface area contributed by atoms with Crippen molar-refractivity contribution in [1.82, 2.24) is 4.98 Å². The Kier molecular flexibility index (Phi) is 4.36. The third-order valence-corrected chi connectivity index (χ3v) is 3.34. The van der Waals surface area contributed by atoms with E-state index in [2.05, 4.69) is 10.3 Å². The Labute approximate surface area is 117 Å². The van der Waals surface area contributed by atoms with Crippen LogP contribution in [0.25, 0.3) is 0 Å². The zero-order valence-electron chi connectivity index (χ0n) is 10.2. The number of rotatable bonds is 5. The van der Waals surface area contributed by atoms with Gasteiger partial charge in [-0.1, -0.05) is 12.1 Å². The molecule has 20 heavy (non-hydrogen) atoms. The van der Waals surface area contributed by atoms with Crippen LogP contribution in [0.2, 0.25) is 0 Å². The lowest BCUT2D eigenvalue weighted by molar-refractivity contribution is -0.380. The van der Waals surface area contributed by atoms with Gasteiger partial charge >= 0.3 is 5.00 Å². The molecule has 0 fully saturated rings. The molecule has 0 aliphatic rings. The minimum Gasteiger partial charge on any atom is -0.302 e. The van der Waals surface area contributed by atoms with Crippen LogP contribution in [0.3, 0.4) is 0 Å². The van der Waals surface area contributed by atoms with Crippen molar-refractivity contribution in [3.8, 4) is 0 Å². The molecule has 104 valence electrons. The highest BCUT2D eigenvalue weighted by Crippen LogP contribution is 2.25. The third kappa shape index (κ3) is 3.82.